The lowest BCUT2D eigenvalue weighted by Crippen LogP contribution is -2.16. The number of anilines is 1. The Kier molecular flexibility index (Phi) is 4.27. The Balaban J connectivity index is 3.07. The summed E-state index contributed by atoms with van der Waals surface area (Å²) in [6, 6.07) is 4.67. The van der Waals surface area contributed by atoms with Gasteiger partial charge in [0, 0.05) is 5.69 Å². The molecule has 0 aliphatic carbocycles. The Morgan fingerprint density at radius 2 is 2.05 bits per heavy atom. The molecule has 0 unspecified atom stereocenters. The van der Waals surface area contributed by atoms with E-state index in [1.807, 2.05) is 6.07 Å². The lowest BCUT2D eigenvalue weighted by molar-refractivity contribution is -0.136. The summed E-state index contributed by atoms with van der Waals surface area (Å²) in [6.07, 6.45) is 0. The normalized spacial score (nSPS) is 9.32. The number of ether oxygens (including phenoxy) is 2. The smallest absolute Gasteiger partial charge is 0.380 e. The van der Waals surface area contributed by atoms with Crippen molar-refractivity contribution in [2.75, 3.05) is 12.8 Å². The van der Waals surface area contributed by atoms with E-state index >= 15 is 0 Å². The van der Waals surface area contributed by atoms with Crippen molar-refractivity contribution in [2.24, 2.45) is 0 Å². The molecule has 1 aromatic rings. The lowest BCUT2D eigenvalue weighted by Gasteiger charge is -2.08. The third-order valence-corrected chi connectivity index (χ3v) is 2.40. The summed E-state index contributed by atoms with van der Waals surface area (Å²) < 4.78 is 9.08. The van der Waals surface area contributed by atoms with Crippen molar-refractivity contribution >= 4 is 17.6 Å². The van der Waals surface area contributed by atoms with E-state index in [-0.39, 0.29) is 22.6 Å². The van der Waals surface area contributed by atoms with Crippen LogP contribution in [0, 0.1) is 18.3 Å². The van der Waals surface area contributed by atoms with Gasteiger partial charge in [0.15, 0.2) is 5.76 Å². The van der Waals surface area contributed by atoms with Gasteiger partial charge in [0.05, 0.1) is 24.3 Å². The fourth-order valence-corrected chi connectivity index (χ4v) is 1.31. The van der Waals surface area contributed by atoms with Crippen LogP contribution in [-0.2, 0) is 14.3 Å². The van der Waals surface area contributed by atoms with Gasteiger partial charge in [0.25, 0.3) is 0 Å². The molecule has 0 radical (unpaired) electrons. The number of rotatable bonds is 3. The molecular formula is C13H12N2O4. The second kappa shape index (κ2) is 5.69. The number of nitrogens with zero attached hydrogens (tertiary/aromatic N) is 1. The molecule has 1 rings (SSSR count). The molecule has 1 aromatic carbocycles. The molecule has 6 nitrogen and oxygen atoms in total. The fraction of sp³-hybridized carbons (Fsp3) is 0.154. The molecule has 0 atom stereocenters. The van der Waals surface area contributed by atoms with E-state index in [0.717, 1.165) is 0 Å². The van der Waals surface area contributed by atoms with Gasteiger partial charge in [-0.2, -0.15) is 5.26 Å². The SMILES string of the molecule is C=C(OC)C(=O)OC(=O)c1cc(C#N)cc(C)c1N. The van der Waals surface area contributed by atoms with Crippen LogP contribution in [0.1, 0.15) is 21.5 Å². The van der Waals surface area contributed by atoms with Crippen LogP contribution in [0.5, 0.6) is 0 Å². The van der Waals surface area contributed by atoms with Gasteiger partial charge in [-0.25, -0.2) is 9.59 Å². The van der Waals surface area contributed by atoms with E-state index in [2.05, 4.69) is 16.1 Å². The average molecular weight is 260 g/mol. The predicted octanol–water partition coefficient (Wildman–Crippen LogP) is 1.29. The van der Waals surface area contributed by atoms with Gasteiger partial charge in [0.1, 0.15) is 0 Å². The zero-order valence-corrected chi connectivity index (χ0v) is 10.5. The highest BCUT2D eigenvalue weighted by molar-refractivity contribution is 6.04. The minimum Gasteiger partial charge on any atom is -0.490 e. The molecule has 0 aromatic heterocycles. The van der Waals surface area contributed by atoms with Crippen LogP contribution < -0.4 is 5.73 Å². The van der Waals surface area contributed by atoms with E-state index in [0.29, 0.717) is 5.56 Å². The van der Waals surface area contributed by atoms with Gasteiger partial charge in [-0.05, 0) is 31.2 Å². The first kappa shape index (κ1) is 14.3. The number of nitrogen functional groups attached to an aromatic ring is 1. The van der Waals surface area contributed by atoms with Crippen molar-refractivity contribution in [1.82, 2.24) is 0 Å². The van der Waals surface area contributed by atoms with Crippen molar-refractivity contribution < 1.29 is 19.1 Å². The number of methoxy groups -OCH3 is 1. The van der Waals surface area contributed by atoms with Gasteiger partial charge in [-0.1, -0.05) is 0 Å². The number of esters is 2. The highest BCUT2D eigenvalue weighted by Crippen LogP contribution is 2.20. The summed E-state index contributed by atoms with van der Waals surface area (Å²) in [5.74, 6) is -2.27. The summed E-state index contributed by atoms with van der Waals surface area (Å²) in [7, 11) is 1.23. The predicted molar refractivity (Wildman–Crippen MR) is 66.9 cm³/mol. The Morgan fingerprint density at radius 3 is 2.58 bits per heavy atom. The van der Waals surface area contributed by atoms with Crippen LogP contribution in [0.4, 0.5) is 5.69 Å². The van der Waals surface area contributed by atoms with Gasteiger partial charge >= 0.3 is 11.9 Å². The zero-order valence-electron chi connectivity index (χ0n) is 10.5. The lowest BCUT2D eigenvalue weighted by atomic mass is 10.0. The van der Waals surface area contributed by atoms with Gasteiger partial charge in [-0.3, -0.25) is 0 Å². The monoisotopic (exact) mass is 260 g/mol. The van der Waals surface area contributed by atoms with Crippen LogP contribution >= 0.6 is 0 Å². The summed E-state index contributed by atoms with van der Waals surface area (Å²) in [4.78, 5) is 23.1. The molecule has 0 aliphatic heterocycles. The highest BCUT2D eigenvalue weighted by Gasteiger charge is 2.20. The first-order valence-electron chi connectivity index (χ1n) is 5.20. The van der Waals surface area contributed by atoms with Gasteiger partial charge < -0.3 is 15.2 Å². The van der Waals surface area contributed by atoms with E-state index in [9.17, 15) is 9.59 Å². The number of nitrogens with two attached hydrogens (primary N) is 1. The topological polar surface area (TPSA) is 102 Å². The Hall–Kier alpha value is -2.81. The number of aryl methyl sites for hydroxylation is 1. The molecular weight excluding hydrogens is 248 g/mol. The average Bonchev–Trinajstić information content (AvgIpc) is 2.40. The number of nitriles is 1. The molecule has 2 N–H and O–H groups in total. The van der Waals surface area contributed by atoms with E-state index in [1.54, 1.807) is 6.92 Å². The maximum absolute atomic E-state index is 11.8. The van der Waals surface area contributed by atoms with Crippen LogP contribution in [0.25, 0.3) is 0 Å². The number of hydrogen-bond donors (Lipinski definition) is 1. The second-order valence-corrected chi connectivity index (χ2v) is 3.67. The first-order valence-corrected chi connectivity index (χ1v) is 5.20. The Bertz CT molecular complexity index is 599. The molecule has 98 valence electrons. The van der Waals surface area contributed by atoms with Crippen molar-refractivity contribution in [3.63, 3.8) is 0 Å². The van der Waals surface area contributed by atoms with Gasteiger partial charge in [-0.15, -0.1) is 0 Å². The third kappa shape index (κ3) is 3.10. The molecule has 0 bridgehead atoms. The van der Waals surface area contributed by atoms with E-state index < -0.39 is 11.9 Å². The number of benzene rings is 1. The maximum Gasteiger partial charge on any atom is 0.380 e. The molecule has 0 spiro atoms. The molecule has 0 aliphatic rings. The quantitative estimate of drug-likeness (QED) is 0.289. The molecule has 0 fully saturated rings. The molecule has 0 amide bonds. The molecule has 19 heavy (non-hydrogen) atoms. The Labute approximate surface area is 110 Å². The highest BCUT2D eigenvalue weighted by atomic mass is 16.6. The number of carbonyl (C=O) groups excluding carboxylic acids is 2. The summed E-state index contributed by atoms with van der Waals surface area (Å²) >= 11 is 0. The first-order chi connectivity index (χ1) is 8.90. The number of hydrogen-bond acceptors (Lipinski definition) is 6. The van der Waals surface area contributed by atoms with Crippen molar-refractivity contribution in [2.45, 2.75) is 6.92 Å². The van der Waals surface area contributed by atoms with Crippen molar-refractivity contribution in [1.29, 1.82) is 5.26 Å². The van der Waals surface area contributed by atoms with E-state index in [1.165, 1.54) is 19.2 Å². The van der Waals surface area contributed by atoms with Crippen molar-refractivity contribution in [3.8, 4) is 6.07 Å². The van der Waals surface area contributed by atoms with Gasteiger partial charge in [0.2, 0.25) is 0 Å². The van der Waals surface area contributed by atoms with Crippen LogP contribution in [0.15, 0.2) is 24.5 Å². The minimum atomic E-state index is -1.01. The second-order valence-electron chi connectivity index (χ2n) is 3.67. The maximum atomic E-state index is 11.8. The molecule has 6 heteroatoms. The van der Waals surface area contributed by atoms with E-state index in [4.69, 9.17) is 11.0 Å². The van der Waals surface area contributed by atoms with Crippen LogP contribution in [0.3, 0.4) is 0 Å². The molecule has 0 saturated carbocycles. The largest absolute Gasteiger partial charge is 0.490 e. The molecule has 0 heterocycles. The minimum absolute atomic E-state index is 0.0474. The van der Waals surface area contributed by atoms with Crippen LogP contribution in [0.2, 0.25) is 0 Å². The fourth-order valence-electron chi connectivity index (χ4n) is 1.31. The molecule has 0 saturated heterocycles. The number of carbonyl (C=O) groups is 2. The standard InChI is InChI=1S/C13H12N2O4/c1-7-4-9(6-14)5-10(11(7)15)13(17)19-12(16)8(2)18-3/h4-5H,2,15H2,1,3H3. The summed E-state index contributed by atoms with van der Waals surface area (Å²) in [5.41, 5.74) is 6.61. The summed E-state index contributed by atoms with van der Waals surface area (Å²) in [6.45, 7) is 4.90. The third-order valence-electron chi connectivity index (χ3n) is 2.40. The van der Waals surface area contributed by atoms with Crippen LogP contribution in [-0.4, -0.2) is 19.0 Å². The summed E-state index contributed by atoms with van der Waals surface area (Å²) in [5, 5.41) is 8.82. The van der Waals surface area contributed by atoms with Crippen molar-refractivity contribution in [3.05, 3.63) is 41.2 Å². The zero-order chi connectivity index (χ0) is 14.6. The Morgan fingerprint density at radius 1 is 1.42 bits per heavy atom.